The van der Waals surface area contributed by atoms with Gasteiger partial charge in [0.25, 0.3) is 0 Å². The number of anilines is 2. The number of nitrogens with one attached hydrogen (secondary N) is 1. The number of ether oxygens (including phenoxy) is 1. The molecular weight excluding hydrogens is 207 g/mol. The number of rotatable bonds is 5. The maximum absolute atomic E-state index is 13.0. The molecule has 0 amide bonds. The first kappa shape index (κ1) is 12.8. The molecule has 0 saturated heterocycles. The van der Waals surface area contributed by atoms with Gasteiger partial charge in [0, 0.05) is 13.2 Å². The largest absolute Gasteiger partial charge is 0.397 e. The second kappa shape index (κ2) is 5.16. The maximum Gasteiger partial charge on any atom is 0.125 e. The van der Waals surface area contributed by atoms with Crippen LogP contribution in [0.1, 0.15) is 20.8 Å². The van der Waals surface area contributed by atoms with Gasteiger partial charge in [-0.2, -0.15) is 0 Å². The summed E-state index contributed by atoms with van der Waals surface area (Å²) in [7, 11) is 0. The Hall–Kier alpha value is -1.29. The lowest BCUT2D eigenvalue weighted by atomic mass is 10.1. The zero-order chi connectivity index (χ0) is 12.2. The van der Waals surface area contributed by atoms with Gasteiger partial charge in [-0.15, -0.1) is 0 Å². The van der Waals surface area contributed by atoms with Crippen molar-refractivity contribution in [2.75, 3.05) is 24.2 Å². The Balaban J connectivity index is 2.63. The summed E-state index contributed by atoms with van der Waals surface area (Å²) in [5.41, 5.74) is 6.56. The van der Waals surface area contributed by atoms with Crippen LogP contribution in [0.5, 0.6) is 0 Å². The summed E-state index contributed by atoms with van der Waals surface area (Å²) in [5.74, 6) is -0.300. The Morgan fingerprint density at radius 1 is 1.44 bits per heavy atom. The Morgan fingerprint density at radius 3 is 2.75 bits per heavy atom. The lowest BCUT2D eigenvalue weighted by Gasteiger charge is -2.25. The predicted molar refractivity (Wildman–Crippen MR) is 65.0 cm³/mol. The predicted octanol–water partition coefficient (Wildman–Crippen LogP) is 2.63. The van der Waals surface area contributed by atoms with Gasteiger partial charge in [-0.3, -0.25) is 0 Å². The first-order chi connectivity index (χ1) is 7.44. The van der Waals surface area contributed by atoms with E-state index < -0.39 is 0 Å². The summed E-state index contributed by atoms with van der Waals surface area (Å²) in [5, 5.41) is 3.09. The van der Waals surface area contributed by atoms with Crippen molar-refractivity contribution in [3.8, 4) is 0 Å². The van der Waals surface area contributed by atoms with Crippen molar-refractivity contribution < 1.29 is 9.13 Å². The van der Waals surface area contributed by atoms with Crippen LogP contribution >= 0.6 is 0 Å². The number of nitrogens with two attached hydrogens (primary N) is 1. The van der Waals surface area contributed by atoms with Crippen LogP contribution in [-0.4, -0.2) is 18.8 Å². The first-order valence-electron chi connectivity index (χ1n) is 5.37. The fraction of sp³-hybridized carbons (Fsp3) is 0.500. The van der Waals surface area contributed by atoms with E-state index in [-0.39, 0.29) is 11.4 Å². The van der Waals surface area contributed by atoms with Crippen molar-refractivity contribution in [2.45, 2.75) is 26.4 Å². The molecule has 0 aliphatic heterocycles. The fourth-order valence-electron chi connectivity index (χ4n) is 1.43. The quantitative estimate of drug-likeness (QED) is 0.759. The molecule has 0 fully saturated rings. The Morgan fingerprint density at radius 2 is 2.12 bits per heavy atom. The highest BCUT2D eigenvalue weighted by Crippen LogP contribution is 2.20. The van der Waals surface area contributed by atoms with E-state index in [1.165, 1.54) is 12.1 Å². The van der Waals surface area contributed by atoms with Gasteiger partial charge in [0.1, 0.15) is 5.82 Å². The van der Waals surface area contributed by atoms with Gasteiger partial charge in [-0.05, 0) is 39.0 Å². The van der Waals surface area contributed by atoms with E-state index in [1.54, 1.807) is 6.07 Å². The van der Waals surface area contributed by atoms with Gasteiger partial charge in [0.05, 0.1) is 17.0 Å². The van der Waals surface area contributed by atoms with Crippen LogP contribution in [0.3, 0.4) is 0 Å². The monoisotopic (exact) mass is 226 g/mol. The number of hydrogen-bond acceptors (Lipinski definition) is 3. The zero-order valence-corrected chi connectivity index (χ0v) is 10.0. The molecule has 1 aromatic carbocycles. The maximum atomic E-state index is 13.0. The molecule has 3 nitrogen and oxygen atoms in total. The summed E-state index contributed by atoms with van der Waals surface area (Å²) in [6.45, 7) is 7.11. The number of nitrogen functional groups attached to an aromatic ring is 1. The molecule has 16 heavy (non-hydrogen) atoms. The minimum Gasteiger partial charge on any atom is -0.397 e. The Labute approximate surface area is 95.8 Å². The van der Waals surface area contributed by atoms with Gasteiger partial charge in [0.15, 0.2) is 0 Å². The minimum atomic E-state index is -0.300. The van der Waals surface area contributed by atoms with Crippen molar-refractivity contribution >= 4 is 11.4 Å². The molecule has 0 heterocycles. The van der Waals surface area contributed by atoms with Crippen LogP contribution < -0.4 is 11.1 Å². The molecule has 4 heteroatoms. The number of benzene rings is 1. The van der Waals surface area contributed by atoms with Crippen molar-refractivity contribution in [2.24, 2.45) is 0 Å². The highest BCUT2D eigenvalue weighted by Gasteiger charge is 2.17. The van der Waals surface area contributed by atoms with Gasteiger partial charge in [-0.25, -0.2) is 4.39 Å². The molecular formula is C12H19FN2O. The van der Waals surface area contributed by atoms with Crippen LogP contribution in [0.2, 0.25) is 0 Å². The van der Waals surface area contributed by atoms with Crippen LogP contribution in [0.4, 0.5) is 15.8 Å². The molecule has 0 aromatic heterocycles. The Bertz CT molecular complexity index is 353. The highest BCUT2D eigenvalue weighted by atomic mass is 19.1. The number of halogens is 1. The van der Waals surface area contributed by atoms with Gasteiger partial charge < -0.3 is 15.8 Å². The summed E-state index contributed by atoms with van der Waals surface area (Å²) in [6.07, 6.45) is 0. The molecule has 3 N–H and O–H groups in total. The second-order valence-electron chi connectivity index (χ2n) is 4.28. The topological polar surface area (TPSA) is 47.3 Å². The smallest absolute Gasteiger partial charge is 0.125 e. The standard InChI is InChI=1S/C12H19FN2O/c1-4-16-12(2,3)8-15-11-7-9(13)5-6-10(11)14/h5-7,15H,4,8,14H2,1-3H3. The summed E-state index contributed by atoms with van der Waals surface area (Å²) < 4.78 is 18.5. The van der Waals surface area contributed by atoms with E-state index in [0.717, 1.165) is 0 Å². The molecule has 0 spiro atoms. The zero-order valence-electron chi connectivity index (χ0n) is 10.0. The van der Waals surface area contributed by atoms with Gasteiger partial charge in [0.2, 0.25) is 0 Å². The average Bonchev–Trinajstić information content (AvgIpc) is 2.19. The van der Waals surface area contributed by atoms with E-state index >= 15 is 0 Å². The molecule has 0 saturated carbocycles. The second-order valence-corrected chi connectivity index (χ2v) is 4.28. The van der Waals surface area contributed by atoms with Crippen molar-refractivity contribution in [3.63, 3.8) is 0 Å². The summed E-state index contributed by atoms with van der Waals surface area (Å²) in [4.78, 5) is 0. The van der Waals surface area contributed by atoms with E-state index in [4.69, 9.17) is 10.5 Å². The van der Waals surface area contributed by atoms with Crippen molar-refractivity contribution in [1.29, 1.82) is 0 Å². The molecule has 0 aliphatic rings. The van der Waals surface area contributed by atoms with Crippen LogP contribution in [0, 0.1) is 5.82 Å². The molecule has 1 rings (SSSR count). The van der Waals surface area contributed by atoms with Crippen molar-refractivity contribution in [3.05, 3.63) is 24.0 Å². The summed E-state index contributed by atoms with van der Waals surface area (Å²) in [6, 6.07) is 4.27. The highest BCUT2D eigenvalue weighted by molar-refractivity contribution is 5.65. The van der Waals surface area contributed by atoms with Crippen molar-refractivity contribution in [1.82, 2.24) is 0 Å². The molecule has 90 valence electrons. The summed E-state index contributed by atoms with van der Waals surface area (Å²) >= 11 is 0. The van der Waals surface area contributed by atoms with Crippen LogP contribution in [0.15, 0.2) is 18.2 Å². The fourth-order valence-corrected chi connectivity index (χ4v) is 1.43. The third-order valence-electron chi connectivity index (χ3n) is 2.25. The molecule has 1 aromatic rings. The lowest BCUT2D eigenvalue weighted by molar-refractivity contribution is 0.000705. The number of hydrogen-bond donors (Lipinski definition) is 2. The molecule has 0 unspecified atom stereocenters. The first-order valence-corrected chi connectivity index (χ1v) is 5.37. The van der Waals surface area contributed by atoms with Crippen LogP contribution in [0.25, 0.3) is 0 Å². The molecule has 0 radical (unpaired) electrons. The lowest BCUT2D eigenvalue weighted by Crippen LogP contribution is -2.33. The molecule has 0 bridgehead atoms. The normalized spacial score (nSPS) is 11.5. The third-order valence-corrected chi connectivity index (χ3v) is 2.25. The van der Waals surface area contributed by atoms with E-state index in [2.05, 4.69) is 5.32 Å². The average molecular weight is 226 g/mol. The molecule has 0 aliphatic carbocycles. The third kappa shape index (κ3) is 3.70. The van der Waals surface area contributed by atoms with E-state index in [0.29, 0.717) is 24.5 Å². The van der Waals surface area contributed by atoms with Gasteiger partial charge >= 0.3 is 0 Å². The van der Waals surface area contributed by atoms with E-state index in [9.17, 15) is 4.39 Å². The SMILES string of the molecule is CCOC(C)(C)CNc1cc(F)ccc1N. The van der Waals surface area contributed by atoms with E-state index in [1.807, 2.05) is 20.8 Å². The Kier molecular flexibility index (Phi) is 4.12. The van der Waals surface area contributed by atoms with Crippen LogP contribution in [-0.2, 0) is 4.74 Å². The molecule has 0 atom stereocenters. The van der Waals surface area contributed by atoms with Gasteiger partial charge in [-0.1, -0.05) is 0 Å². The minimum absolute atomic E-state index is 0.298.